The summed E-state index contributed by atoms with van der Waals surface area (Å²) in [5.41, 5.74) is 6.48. The quantitative estimate of drug-likeness (QED) is 0.499. The van der Waals surface area contributed by atoms with Crippen LogP contribution in [-0.4, -0.2) is 31.7 Å². The normalized spacial score (nSPS) is 11.6. The number of nitriles is 1. The molecular formula is C13H12N6OS. The zero-order valence-corrected chi connectivity index (χ0v) is 12.0. The summed E-state index contributed by atoms with van der Waals surface area (Å²) >= 11 is 1.15. The van der Waals surface area contributed by atoms with Crippen LogP contribution in [0.1, 0.15) is 6.92 Å². The van der Waals surface area contributed by atoms with E-state index in [0.717, 1.165) is 17.4 Å². The standard InChI is InChI=1S/C13H12N6OS/c1-9(15)11(7-14)12(20)8-21-13-16-17-18-19(13)10-5-3-2-4-6-10/h2-6H,8,15H2,1H3. The van der Waals surface area contributed by atoms with E-state index in [1.54, 1.807) is 0 Å². The van der Waals surface area contributed by atoms with E-state index in [2.05, 4.69) is 15.5 Å². The lowest BCUT2D eigenvalue weighted by molar-refractivity contribution is -0.112. The molecule has 0 aliphatic heterocycles. The second-order valence-corrected chi connectivity index (χ2v) is 5.03. The molecule has 0 radical (unpaired) electrons. The van der Waals surface area contributed by atoms with Gasteiger partial charge in [-0.3, -0.25) is 4.79 Å². The molecule has 21 heavy (non-hydrogen) atoms. The lowest BCUT2D eigenvalue weighted by Crippen LogP contribution is -2.11. The summed E-state index contributed by atoms with van der Waals surface area (Å²) in [5.74, 6) is -0.296. The molecule has 0 aliphatic carbocycles. The Labute approximate surface area is 125 Å². The number of Topliss-reactive ketones (excluding diaryl/α,β-unsaturated/α-hetero) is 1. The molecule has 1 aromatic carbocycles. The average molecular weight is 300 g/mol. The van der Waals surface area contributed by atoms with Gasteiger partial charge >= 0.3 is 0 Å². The van der Waals surface area contributed by atoms with Crippen molar-refractivity contribution in [3.05, 3.63) is 41.6 Å². The fraction of sp³-hybridized carbons (Fsp3) is 0.154. The molecule has 0 fully saturated rings. The van der Waals surface area contributed by atoms with Crippen LogP contribution < -0.4 is 5.73 Å². The summed E-state index contributed by atoms with van der Waals surface area (Å²) < 4.78 is 1.53. The number of hydrogen-bond donors (Lipinski definition) is 1. The van der Waals surface area contributed by atoms with E-state index < -0.39 is 0 Å². The van der Waals surface area contributed by atoms with Crippen LogP contribution in [0.25, 0.3) is 5.69 Å². The van der Waals surface area contributed by atoms with E-state index in [-0.39, 0.29) is 22.8 Å². The molecule has 106 valence electrons. The molecule has 2 rings (SSSR count). The first kappa shape index (κ1) is 14.7. The number of tetrazole rings is 1. The van der Waals surface area contributed by atoms with E-state index in [1.165, 1.54) is 11.6 Å². The van der Waals surface area contributed by atoms with Gasteiger partial charge < -0.3 is 5.73 Å². The number of carbonyl (C=O) groups is 1. The Hall–Kier alpha value is -2.66. The van der Waals surface area contributed by atoms with Crippen LogP contribution in [0.2, 0.25) is 0 Å². The van der Waals surface area contributed by atoms with Crippen molar-refractivity contribution in [1.82, 2.24) is 20.2 Å². The Balaban J connectivity index is 2.13. The number of rotatable bonds is 5. The molecule has 0 atom stereocenters. The van der Waals surface area contributed by atoms with Crippen molar-refractivity contribution in [3.8, 4) is 11.8 Å². The molecule has 8 heteroatoms. The molecule has 0 saturated heterocycles. The van der Waals surface area contributed by atoms with Crippen molar-refractivity contribution in [2.24, 2.45) is 5.73 Å². The molecule has 0 aliphatic rings. The minimum absolute atomic E-state index is 0.0266. The van der Waals surface area contributed by atoms with E-state index in [4.69, 9.17) is 11.0 Å². The largest absolute Gasteiger partial charge is 0.401 e. The van der Waals surface area contributed by atoms with Crippen LogP contribution in [0.5, 0.6) is 0 Å². The summed E-state index contributed by atoms with van der Waals surface area (Å²) in [5, 5.41) is 20.7. The summed E-state index contributed by atoms with van der Waals surface area (Å²) in [6.07, 6.45) is 0. The molecule has 0 bridgehead atoms. The zero-order valence-electron chi connectivity index (χ0n) is 11.2. The van der Waals surface area contributed by atoms with Crippen molar-refractivity contribution in [2.75, 3.05) is 5.75 Å². The number of carbonyl (C=O) groups excluding carboxylic acids is 1. The molecule has 0 spiro atoms. The van der Waals surface area contributed by atoms with Crippen LogP contribution in [0, 0.1) is 11.3 Å². The average Bonchev–Trinajstić information content (AvgIpc) is 2.95. The number of ketones is 1. The first-order valence-electron chi connectivity index (χ1n) is 5.99. The Bertz CT molecular complexity index is 712. The molecular weight excluding hydrogens is 288 g/mol. The number of para-hydroxylation sites is 1. The number of thioether (sulfide) groups is 1. The SMILES string of the molecule is CC(N)=C(C#N)C(=O)CSc1nnnn1-c1ccccc1. The van der Waals surface area contributed by atoms with Gasteiger partial charge in [-0.05, 0) is 29.5 Å². The Morgan fingerprint density at radius 2 is 2.14 bits per heavy atom. The first-order valence-corrected chi connectivity index (χ1v) is 6.98. The third kappa shape index (κ3) is 3.46. The maximum absolute atomic E-state index is 11.9. The van der Waals surface area contributed by atoms with Gasteiger partial charge in [0.05, 0.1) is 11.4 Å². The van der Waals surface area contributed by atoms with E-state index >= 15 is 0 Å². The first-order chi connectivity index (χ1) is 10.1. The van der Waals surface area contributed by atoms with Gasteiger partial charge in [0.2, 0.25) is 5.16 Å². The van der Waals surface area contributed by atoms with Crippen molar-refractivity contribution in [2.45, 2.75) is 12.1 Å². The van der Waals surface area contributed by atoms with Gasteiger partial charge in [-0.25, -0.2) is 0 Å². The lowest BCUT2D eigenvalue weighted by Gasteiger charge is -2.03. The van der Waals surface area contributed by atoms with Gasteiger partial charge in [0, 0.05) is 5.70 Å². The number of nitrogens with zero attached hydrogens (tertiary/aromatic N) is 5. The van der Waals surface area contributed by atoms with Crippen LogP contribution >= 0.6 is 11.8 Å². The molecule has 1 heterocycles. The maximum Gasteiger partial charge on any atom is 0.214 e. The highest BCUT2D eigenvalue weighted by atomic mass is 32.2. The van der Waals surface area contributed by atoms with Crippen LogP contribution in [0.3, 0.4) is 0 Å². The summed E-state index contributed by atoms with van der Waals surface area (Å²) in [6.45, 7) is 1.52. The predicted molar refractivity (Wildman–Crippen MR) is 77.4 cm³/mol. The Kier molecular flexibility index (Phi) is 4.68. The lowest BCUT2D eigenvalue weighted by atomic mass is 10.2. The minimum Gasteiger partial charge on any atom is -0.401 e. The molecule has 2 aromatic rings. The number of allylic oxidation sites excluding steroid dienone is 2. The van der Waals surface area contributed by atoms with Gasteiger partial charge in [-0.2, -0.15) is 9.94 Å². The minimum atomic E-state index is -0.342. The molecule has 0 amide bonds. The summed E-state index contributed by atoms with van der Waals surface area (Å²) in [6, 6.07) is 11.1. The number of hydrogen-bond acceptors (Lipinski definition) is 7. The maximum atomic E-state index is 11.9. The molecule has 2 N–H and O–H groups in total. The van der Waals surface area contributed by atoms with Crippen molar-refractivity contribution >= 4 is 17.5 Å². The zero-order chi connectivity index (χ0) is 15.2. The molecule has 0 unspecified atom stereocenters. The van der Waals surface area contributed by atoms with Gasteiger partial charge in [-0.1, -0.05) is 30.0 Å². The van der Waals surface area contributed by atoms with Gasteiger partial charge in [0.15, 0.2) is 5.78 Å². The van der Waals surface area contributed by atoms with Gasteiger partial charge in [0.25, 0.3) is 0 Å². The highest BCUT2D eigenvalue weighted by molar-refractivity contribution is 7.99. The second-order valence-electron chi connectivity index (χ2n) is 4.09. The summed E-state index contributed by atoms with van der Waals surface area (Å²) in [4.78, 5) is 11.9. The third-order valence-corrected chi connectivity index (χ3v) is 3.48. The van der Waals surface area contributed by atoms with E-state index in [0.29, 0.717) is 5.16 Å². The fourth-order valence-corrected chi connectivity index (χ4v) is 2.34. The monoisotopic (exact) mass is 300 g/mol. The Morgan fingerprint density at radius 3 is 2.76 bits per heavy atom. The number of nitrogens with two attached hydrogens (primary N) is 1. The third-order valence-electron chi connectivity index (χ3n) is 2.56. The topological polar surface area (TPSA) is 110 Å². The van der Waals surface area contributed by atoms with Gasteiger partial charge in [-0.15, -0.1) is 5.10 Å². The number of benzene rings is 1. The summed E-state index contributed by atoms with van der Waals surface area (Å²) in [7, 11) is 0. The second kappa shape index (κ2) is 6.67. The van der Waals surface area contributed by atoms with E-state index in [1.807, 2.05) is 36.4 Å². The van der Waals surface area contributed by atoms with Crippen molar-refractivity contribution in [1.29, 1.82) is 5.26 Å². The predicted octanol–water partition coefficient (Wildman–Crippen LogP) is 1.08. The highest BCUT2D eigenvalue weighted by Crippen LogP contribution is 2.19. The van der Waals surface area contributed by atoms with E-state index in [9.17, 15) is 4.79 Å². The van der Waals surface area contributed by atoms with Crippen LogP contribution in [0.15, 0.2) is 46.8 Å². The number of aromatic nitrogens is 4. The molecule has 7 nitrogen and oxygen atoms in total. The molecule has 0 saturated carbocycles. The fourth-order valence-electron chi connectivity index (χ4n) is 1.57. The smallest absolute Gasteiger partial charge is 0.214 e. The van der Waals surface area contributed by atoms with Crippen LogP contribution in [0.4, 0.5) is 0 Å². The Morgan fingerprint density at radius 1 is 1.43 bits per heavy atom. The molecule has 1 aromatic heterocycles. The van der Waals surface area contributed by atoms with Crippen LogP contribution in [-0.2, 0) is 4.79 Å². The van der Waals surface area contributed by atoms with Crippen molar-refractivity contribution < 1.29 is 4.79 Å². The van der Waals surface area contributed by atoms with Gasteiger partial charge in [0.1, 0.15) is 11.6 Å². The van der Waals surface area contributed by atoms with Crippen molar-refractivity contribution in [3.63, 3.8) is 0 Å². The highest BCUT2D eigenvalue weighted by Gasteiger charge is 2.15.